The number of morpholine rings is 1. The number of carbonyl (C=O) groups is 1. The maximum atomic E-state index is 13.3. The molecule has 1 atom stereocenters. The van der Waals surface area contributed by atoms with Gasteiger partial charge in [0.1, 0.15) is 11.6 Å². The second kappa shape index (κ2) is 8.78. The van der Waals surface area contributed by atoms with Gasteiger partial charge >= 0.3 is 0 Å². The highest BCUT2D eigenvalue weighted by Crippen LogP contribution is 2.23. The Kier molecular flexibility index (Phi) is 6.20. The fraction of sp³-hybridized carbons (Fsp3) is 0.350. The molecule has 138 valence electrons. The first-order chi connectivity index (χ1) is 12.7. The van der Waals surface area contributed by atoms with Crippen molar-refractivity contribution in [1.82, 2.24) is 10.2 Å². The van der Waals surface area contributed by atoms with Crippen molar-refractivity contribution in [3.63, 3.8) is 0 Å². The van der Waals surface area contributed by atoms with Gasteiger partial charge in [-0.15, -0.1) is 0 Å². The lowest BCUT2D eigenvalue weighted by atomic mass is 10.0. The first-order valence-electron chi connectivity index (χ1n) is 8.67. The number of nitrogens with one attached hydrogen (secondary N) is 1. The summed E-state index contributed by atoms with van der Waals surface area (Å²) in [5.41, 5.74) is 1.46. The monoisotopic (exact) mass is 358 g/mol. The van der Waals surface area contributed by atoms with Crippen LogP contribution in [-0.2, 0) is 4.74 Å². The first-order valence-corrected chi connectivity index (χ1v) is 8.67. The maximum Gasteiger partial charge on any atom is 0.255 e. The normalized spacial score (nSPS) is 16.1. The maximum absolute atomic E-state index is 13.3. The highest BCUT2D eigenvalue weighted by Gasteiger charge is 2.24. The summed E-state index contributed by atoms with van der Waals surface area (Å²) in [6, 6.07) is 13.5. The third-order valence-electron chi connectivity index (χ3n) is 4.55. The van der Waals surface area contributed by atoms with Gasteiger partial charge in [-0.05, 0) is 29.8 Å². The molecule has 0 aliphatic carbocycles. The fourth-order valence-corrected chi connectivity index (χ4v) is 3.15. The van der Waals surface area contributed by atoms with Gasteiger partial charge in [0.05, 0.1) is 31.9 Å². The number of methoxy groups -OCH3 is 1. The second-order valence-corrected chi connectivity index (χ2v) is 6.13. The van der Waals surface area contributed by atoms with Crippen molar-refractivity contribution in [3.05, 3.63) is 65.5 Å². The van der Waals surface area contributed by atoms with E-state index < -0.39 is 0 Å². The first kappa shape index (κ1) is 18.4. The summed E-state index contributed by atoms with van der Waals surface area (Å²) < 4.78 is 24.0. The molecule has 1 heterocycles. The molecule has 0 saturated carbocycles. The number of hydrogen-bond acceptors (Lipinski definition) is 4. The quantitative estimate of drug-likeness (QED) is 0.863. The van der Waals surface area contributed by atoms with E-state index in [4.69, 9.17) is 9.47 Å². The molecule has 3 rings (SSSR count). The molecular formula is C20H23FN2O3. The lowest BCUT2D eigenvalue weighted by molar-refractivity contribution is 0.0162. The minimum atomic E-state index is -0.271. The van der Waals surface area contributed by atoms with Crippen molar-refractivity contribution in [1.29, 1.82) is 0 Å². The fourth-order valence-electron chi connectivity index (χ4n) is 3.15. The van der Waals surface area contributed by atoms with E-state index in [0.717, 1.165) is 18.7 Å². The van der Waals surface area contributed by atoms with Crippen molar-refractivity contribution >= 4 is 5.91 Å². The standard InChI is InChI=1S/C20H23FN2O3/c1-25-19-5-3-2-4-17(19)20(24)22-14-18(23-10-12-26-13-11-23)15-6-8-16(21)9-7-15/h2-9,18H,10-14H2,1H3,(H,22,24). The highest BCUT2D eigenvalue weighted by molar-refractivity contribution is 5.96. The zero-order valence-electron chi connectivity index (χ0n) is 14.8. The van der Waals surface area contributed by atoms with Crippen LogP contribution in [0.3, 0.4) is 0 Å². The Morgan fingerprint density at radius 1 is 1.19 bits per heavy atom. The number of para-hydroxylation sites is 1. The average Bonchev–Trinajstić information content (AvgIpc) is 2.70. The van der Waals surface area contributed by atoms with E-state index in [9.17, 15) is 9.18 Å². The Balaban J connectivity index is 1.75. The molecule has 1 fully saturated rings. The van der Waals surface area contributed by atoms with Crippen LogP contribution in [0.2, 0.25) is 0 Å². The van der Waals surface area contributed by atoms with Gasteiger partial charge in [0.25, 0.3) is 5.91 Å². The smallest absolute Gasteiger partial charge is 0.255 e. The molecule has 5 nitrogen and oxygen atoms in total. The minimum Gasteiger partial charge on any atom is -0.496 e. The van der Waals surface area contributed by atoms with E-state index in [1.807, 2.05) is 6.07 Å². The van der Waals surface area contributed by atoms with E-state index in [0.29, 0.717) is 31.1 Å². The molecule has 1 aliphatic rings. The molecule has 1 N–H and O–H groups in total. The Hall–Kier alpha value is -2.44. The van der Waals surface area contributed by atoms with Crippen LogP contribution in [0.15, 0.2) is 48.5 Å². The summed E-state index contributed by atoms with van der Waals surface area (Å²) in [6.45, 7) is 3.26. The Morgan fingerprint density at radius 2 is 1.88 bits per heavy atom. The number of ether oxygens (including phenoxy) is 2. The number of nitrogens with zero attached hydrogens (tertiary/aromatic N) is 1. The van der Waals surface area contributed by atoms with Crippen molar-refractivity contribution < 1.29 is 18.7 Å². The van der Waals surface area contributed by atoms with Crippen LogP contribution < -0.4 is 10.1 Å². The van der Waals surface area contributed by atoms with E-state index in [2.05, 4.69) is 10.2 Å². The molecule has 0 bridgehead atoms. The number of rotatable bonds is 6. The summed E-state index contributed by atoms with van der Waals surface area (Å²) in [4.78, 5) is 14.9. The largest absolute Gasteiger partial charge is 0.496 e. The van der Waals surface area contributed by atoms with Crippen LogP contribution in [-0.4, -0.2) is 50.8 Å². The molecule has 1 aliphatic heterocycles. The van der Waals surface area contributed by atoms with Gasteiger partial charge in [0.15, 0.2) is 0 Å². The van der Waals surface area contributed by atoms with Crippen molar-refractivity contribution in [2.45, 2.75) is 6.04 Å². The Morgan fingerprint density at radius 3 is 2.58 bits per heavy atom. The number of hydrogen-bond donors (Lipinski definition) is 1. The Bertz CT molecular complexity index is 730. The van der Waals surface area contributed by atoms with Crippen molar-refractivity contribution in [2.24, 2.45) is 0 Å². The predicted molar refractivity (Wildman–Crippen MR) is 96.9 cm³/mol. The third kappa shape index (κ3) is 4.39. The van der Waals surface area contributed by atoms with Gasteiger partial charge in [0, 0.05) is 19.6 Å². The molecule has 6 heteroatoms. The summed E-state index contributed by atoms with van der Waals surface area (Å²) in [5, 5.41) is 2.99. The van der Waals surface area contributed by atoms with Crippen molar-refractivity contribution in [2.75, 3.05) is 40.0 Å². The SMILES string of the molecule is COc1ccccc1C(=O)NCC(c1ccc(F)cc1)N1CCOCC1. The zero-order valence-corrected chi connectivity index (χ0v) is 14.8. The van der Waals surface area contributed by atoms with Crippen LogP contribution in [0.5, 0.6) is 5.75 Å². The molecule has 1 unspecified atom stereocenters. The molecule has 26 heavy (non-hydrogen) atoms. The molecule has 1 amide bonds. The number of amides is 1. The molecule has 0 spiro atoms. The van der Waals surface area contributed by atoms with Gasteiger partial charge in [-0.25, -0.2) is 4.39 Å². The average molecular weight is 358 g/mol. The number of halogens is 1. The number of carbonyl (C=O) groups excluding carboxylic acids is 1. The predicted octanol–water partition coefficient (Wildman–Crippen LogP) is 2.64. The molecule has 2 aromatic rings. The van der Waals surface area contributed by atoms with Crippen LogP contribution in [0.4, 0.5) is 4.39 Å². The van der Waals surface area contributed by atoms with Gasteiger partial charge in [-0.2, -0.15) is 0 Å². The van der Waals surface area contributed by atoms with Crippen LogP contribution in [0.1, 0.15) is 22.0 Å². The molecule has 1 saturated heterocycles. The van der Waals surface area contributed by atoms with Crippen LogP contribution in [0.25, 0.3) is 0 Å². The summed E-state index contributed by atoms with van der Waals surface area (Å²) in [7, 11) is 1.54. The topological polar surface area (TPSA) is 50.8 Å². The van der Waals surface area contributed by atoms with Gasteiger partial charge in [-0.1, -0.05) is 24.3 Å². The lowest BCUT2D eigenvalue weighted by Gasteiger charge is -2.35. The zero-order chi connectivity index (χ0) is 18.4. The molecule has 0 aromatic heterocycles. The molecule has 0 radical (unpaired) electrons. The summed E-state index contributed by atoms with van der Waals surface area (Å²) >= 11 is 0. The van der Waals surface area contributed by atoms with Crippen molar-refractivity contribution in [3.8, 4) is 5.75 Å². The van der Waals surface area contributed by atoms with Gasteiger partial charge < -0.3 is 14.8 Å². The summed E-state index contributed by atoms with van der Waals surface area (Å²) in [5.74, 6) is 0.0741. The Labute approximate surface area is 152 Å². The van der Waals surface area contributed by atoms with E-state index in [-0.39, 0.29) is 17.8 Å². The van der Waals surface area contributed by atoms with Crippen LogP contribution in [0, 0.1) is 5.82 Å². The van der Waals surface area contributed by atoms with Gasteiger partial charge in [0.2, 0.25) is 0 Å². The number of benzene rings is 2. The van der Waals surface area contributed by atoms with E-state index in [1.165, 1.54) is 12.1 Å². The minimum absolute atomic E-state index is 0.0434. The third-order valence-corrected chi connectivity index (χ3v) is 4.55. The van der Waals surface area contributed by atoms with Gasteiger partial charge in [-0.3, -0.25) is 9.69 Å². The second-order valence-electron chi connectivity index (χ2n) is 6.13. The van der Waals surface area contributed by atoms with E-state index in [1.54, 1.807) is 37.4 Å². The molecular weight excluding hydrogens is 335 g/mol. The van der Waals surface area contributed by atoms with Crippen LogP contribution >= 0.6 is 0 Å². The van der Waals surface area contributed by atoms with E-state index >= 15 is 0 Å². The molecule has 2 aromatic carbocycles. The summed E-state index contributed by atoms with van der Waals surface area (Å²) in [6.07, 6.45) is 0. The highest BCUT2D eigenvalue weighted by atomic mass is 19.1. The lowest BCUT2D eigenvalue weighted by Crippen LogP contribution is -2.43.